The van der Waals surface area contributed by atoms with E-state index in [2.05, 4.69) is 35.5 Å². The summed E-state index contributed by atoms with van der Waals surface area (Å²) in [4.78, 5) is 27.7. The van der Waals surface area contributed by atoms with Crippen LogP contribution >= 0.6 is 0 Å². The van der Waals surface area contributed by atoms with Crippen molar-refractivity contribution >= 4 is 17.5 Å². The van der Waals surface area contributed by atoms with Crippen LogP contribution in [0, 0.1) is 0 Å². The first kappa shape index (κ1) is 32.3. The van der Waals surface area contributed by atoms with Gasteiger partial charge >= 0.3 is 0 Å². The molecule has 1 aliphatic heterocycles. The summed E-state index contributed by atoms with van der Waals surface area (Å²) in [6.45, 7) is 10.7. The Hall–Kier alpha value is -3.64. The van der Waals surface area contributed by atoms with Gasteiger partial charge in [0.25, 0.3) is 0 Å². The monoisotopic (exact) mass is 593 g/mol. The van der Waals surface area contributed by atoms with Crippen molar-refractivity contribution in [1.29, 1.82) is 0 Å². The third-order valence-electron chi connectivity index (χ3n) is 6.99. The van der Waals surface area contributed by atoms with Gasteiger partial charge in [0.05, 0.1) is 64.2 Å². The number of ether oxygens (including phenoxy) is 4. The number of amides is 2. The summed E-state index contributed by atoms with van der Waals surface area (Å²) in [7, 11) is 0. The van der Waals surface area contributed by atoms with Crippen LogP contribution in [0.25, 0.3) is 22.5 Å². The Morgan fingerprint density at radius 3 is 2.16 bits per heavy atom. The maximum absolute atomic E-state index is 13.6. The zero-order valence-corrected chi connectivity index (χ0v) is 25.4. The van der Waals surface area contributed by atoms with E-state index in [0.717, 1.165) is 33.8 Å². The lowest BCUT2D eigenvalue weighted by Crippen LogP contribution is -2.35. The van der Waals surface area contributed by atoms with Gasteiger partial charge in [-0.1, -0.05) is 47.7 Å². The lowest BCUT2D eigenvalue weighted by molar-refractivity contribution is -0.122. The SMILES string of the molecule is CCOCCOCCOCCOCCC(=O)NCCC(=O)N1Cc2ccccc2-c2c(nnn2C(C)C)-c2ccccc21. The Balaban J connectivity index is 1.26. The fourth-order valence-corrected chi connectivity index (χ4v) is 4.87. The van der Waals surface area contributed by atoms with Crippen molar-refractivity contribution in [3.8, 4) is 22.5 Å². The number of carbonyl (C=O) groups excluding carboxylic acids is 2. The molecule has 43 heavy (non-hydrogen) atoms. The second-order valence-corrected chi connectivity index (χ2v) is 10.4. The first-order chi connectivity index (χ1) is 21.0. The predicted molar refractivity (Wildman–Crippen MR) is 164 cm³/mol. The molecule has 0 fully saturated rings. The van der Waals surface area contributed by atoms with Gasteiger partial charge in [-0.3, -0.25) is 9.59 Å². The number of aromatic nitrogens is 3. The number of carbonyl (C=O) groups is 2. The van der Waals surface area contributed by atoms with Crippen LogP contribution in [0.3, 0.4) is 0 Å². The fourth-order valence-electron chi connectivity index (χ4n) is 4.87. The molecule has 232 valence electrons. The summed E-state index contributed by atoms with van der Waals surface area (Å²) < 4.78 is 23.5. The van der Waals surface area contributed by atoms with Gasteiger partial charge in [0.2, 0.25) is 11.8 Å². The average molecular weight is 594 g/mol. The molecule has 0 spiro atoms. The summed E-state index contributed by atoms with van der Waals surface area (Å²) >= 11 is 0. The standard InChI is InChI=1S/C32H43N5O6/c1-4-40-17-18-42-21-22-43-20-19-41-16-14-29(38)33-15-13-30(39)36-23-25-9-5-6-10-26(25)32-31(34-35-37(32)24(2)3)27-11-7-8-12-28(27)36/h5-12,24H,4,13-23H2,1-3H3,(H,33,38). The van der Waals surface area contributed by atoms with Gasteiger partial charge in [-0.15, -0.1) is 5.10 Å². The zero-order chi connectivity index (χ0) is 30.4. The van der Waals surface area contributed by atoms with E-state index in [1.807, 2.05) is 54.1 Å². The lowest BCUT2D eigenvalue weighted by Gasteiger charge is -2.29. The molecule has 0 saturated heterocycles. The molecule has 0 bridgehead atoms. The van der Waals surface area contributed by atoms with Gasteiger partial charge in [0.15, 0.2) is 0 Å². The van der Waals surface area contributed by atoms with Gasteiger partial charge in [-0.2, -0.15) is 0 Å². The molecule has 1 N–H and O–H groups in total. The highest BCUT2D eigenvalue weighted by molar-refractivity contribution is 6.00. The molecule has 0 unspecified atom stereocenters. The molecular weight excluding hydrogens is 550 g/mol. The van der Waals surface area contributed by atoms with E-state index in [9.17, 15) is 9.59 Å². The molecule has 2 amide bonds. The van der Waals surface area contributed by atoms with Crippen LogP contribution in [0.2, 0.25) is 0 Å². The van der Waals surface area contributed by atoms with E-state index >= 15 is 0 Å². The van der Waals surface area contributed by atoms with Gasteiger partial charge in [0.1, 0.15) is 5.69 Å². The van der Waals surface area contributed by atoms with Crippen molar-refractivity contribution in [2.24, 2.45) is 0 Å². The van der Waals surface area contributed by atoms with Crippen LogP contribution in [0.4, 0.5) is 5.69 Å². The molecule has 11 nitrogen and oxygen atoms in total. The number of nitrogens with one attached hydrogen (secondary N) is 1. The molecule has 0 atom stereocenters. The molecular formula is C32H43N5O6. The molecule has 3 aromatic rings. The van der Waals surface area contributed by atoms with Crippen LogP contribution < -0.4 is 10.2 Å². The molecule has 11 heteroatoms. The minimum atomic E-state index is -0.162. The van der Waals surface area contributed by atoms with Crippen molar-refractivity contribution in [3.05, 3.63) is 54.1 Å². The van der Waals surface area contributed by atoms with E-state index < -0.39 is 0 Å². The second kappa shape index (κ2) is 16.9. The summed E-state index contributed by atoms with van der Waals surface area (Å²) in [5.41, 5.74) is 5.35. The number of para-hydroxylation sites is 1. The molecule has 2 aromatic carbocycles. The minimum absolute atomic E-state index is 0.0856. The van der Waals surface area contributed by atoms with Crippen LogP contribution in [-0.2, 0) is 35.1 Å². The number of nitrogens with zero attached hydrogens (tertiary/aromatic N) is 4. The average Bonchev–Trinajstić information content (AvgIpc) is 3.44. The molecule has 0 saturated carbocycles. The largest absolute Gasteiger partial charge is 0.379 e. The van der Waals surface area contributed by atoms with Crippen molar-refractivity contribution < 1.29 is 28.5 Å². The van der Waals surface area contributed by atoms with E-state index in [0.29, 0.717) is 52.8 Å². The molecule has 0 aliphatic carbocycles. The highest BCUT2D eigenvalue weighted by Gasteiger charge is 2.29. The third-order valence-corrected chi connectivity index (χ3v) is 6.99. The topological polar surface area (TPSA) is 117 Å². The van der Waals surface area contributed by atoms with Crippen molar-refractivity contribution in [2.75, 3.05) is 64.3 Å². The van der Waals surface area contributed by atoms with Crippen LogP contribution in [-0.4, -0.2) is 86.2 Å². The van der Waals surface area contributed by atoms with Gasteiger partial charge in [0, 0.05) is 43.2 Å². The number of fused-ring (bicyclic) bond motifs is 5. The summed E-state index contributed by atoms with van der Waals surface area (Å²) in [5, 5.41) is 11.9. The van der Waals surface area contributed by atoms with Crippen molar-refractivity contribution in [1.82, 2.24) is 20.3 Å². The van der Waals surface area contributed by atoms with E-state index in [4.69, 9.17) is 18.9 Å². The Bertz CT molecular complexity index is 1330. The van der Waals surface area contributed by atoms with Crippen LogP contribution in [0.1, 0.15) is 45.2 Å². The second-order valence-electron chi connectivity index (χ2n) is 10.4. The normalized spacial score (nSPS) is 12.3. The fraction of sp³-hybridized carbons (Fsp3) is 0.500. The smallest absolute Gasteiger partial charge is 0.229 e. The molecule has 1 aliphatic rings. The van der Waals surface area contributed by atoms with E-state index in [1.165, 1.54) is 0 Å². The highest BCUT2D eigenvalue weighted by atomic mass is 16.6. The summed E-state index contributed by atoms with van der Waals surface area (Å²) in [5.74, 6) is -0.248. The Kier molecular flexibility index (Phi) is 12.7. The van der Waals surface area contributed by atoms with Gasteiger partial charge in [-0.05, 0) is 32.4 Å². The molecule has 1 aromatic heterocycles. The number of benzene rings is 2. The van der Waals surface area contributed by atoms with E-state index in [1.54, 1.807) is 4.90 Å². The Labute approximate surface area is 253 Å². The Morgan fingerprint density at radius 1 is 0.837 bits per heavy atom. The summed E-state index contributed by atoms with van der Waals surface area (Å²) in [6, 6.07) is 16.0. The molecule has 2 heterocycles. The first-order valence-electron chi connectivity index (χ1n) is 15.0. The number of hydrogen-bond acceptors (Lipinski definition) is 8. The number of anilines is 1. The minimum Gasteiger partial charge on any atom is -0.379 e. The maximum Gasteiger partial charge on any atom is 0.229 e. The number of hydrogen-bond donors (Lipinski definition) is 1. The quantitative estimate of drug-likeness (QED) is 0.233. The third kappa shape index (κ3) is 8.93. The molecule has 0 radical (unpaired) electrons. The maximum atomic E-state index is 13.6. The van der Waals surface area contributed by atoms with Gasteiger partial charge < -0.3 is 29.2 Å². The van der Waals surface area contributed by atoms with Crippen molar-refractivity contribution in [3.63, 3.8) is 0 Å². The summed E-state index contributed by atoms with van der Waals surface area (Å²) in [6.07, 6.45) is 0.373. The van der Waals surface area contributed by atoms with E-state index in [-0.39, 0.29) is 43.8 Å². The van der Waals surface area contributed by atoms with Crippen molar-refractivity contribution in [2.45, 2.75) is 46.2 Å². The lowest BCUT2D eigenvalue weighted by atomic mass is 9.95. The highest BCUT2D eigenvalue weighted by Crippen LogP contribution is 2.41. The van der Waals surface area contributed by atoms with Crippen LogP contribution in [0.5, 0.6) is 0 Å². The molecule has 4 rings (SSSR count). The van der Waals surface area contributed by atoms with Gasteiger partial charge in [-0.25, -0.2) is 4.68 Å². The van der Waals surface area contributed by atoms with Crippen LogP contribution in [0.15, 0.2) is 48.5 Å². The predicted octanol–water partition coefficient (Wildman–Crippen LogP) is 4.02. The number of rotatable bonds is 17. The first-order valence-corrected chi connectivity index (χ1v) is 15.0. The zero-order valence-electron chi connectivity index (χ0n) is 25.4. The Morgan fingerprint density at radius 2 is 1.47 bits per heavy atom.